The van der Waals surface area contributed by atoms with E-state index in [2.05, 4.69) is 16.0 Å². The van der Waals surface area contributed by atoms with Crippen LogP contribution in [0.1, 0.15) is 16.0 Å². The molecule has 0 atom stereocenters. The van der Waals surface area contributed by atoms with Gasteiger partial charge in [0.2, 0.25) is 0 Å². The van der Waals surface area contributed by atoms with Gasteiger partial charge in [0.05, 0.1) is 10.9 Å². The van der Waals surface area contributed by atoms with Gasteiger partial charge in [0.15, 0.2) is 5.16 Å². The van der Waals surface area contributed by atoms with E-state index in [1.54, 1.807) is 29.3 Å². The predicted octanol–water partition coefficient (Wildman–Crippen LogP) is 4.01. The molecule has 0 N–H and O–H groups in total. The second-order valence-corrected chi connectivity index (χ2v) is 8.18. The van der Waals surface area contributed by atoms with Gasteiger partial charge in [0.1, 0.15) is 16.2 Å². The zero-order valence-electron chi connectivity index (χ0n) is 14.3. The lowest BCUT2D eigenvalue weighted by Crippen LogP contribution is -2.19. The minimum Gasteiger partial charge on any atom is -0.290 e. The van der Waals surface area contributed by atoms with E-state index in [4.69, 9.17) is 4.98 Å². The average Bonchev–Trinajstić information content (AvgIpc) is 2.87. The summed E-state index contributed by atoms with van der Waals surface area (Å²) in [6.07, 6.45) is 1.55. The Morgan fingerprint density at radius 2 is 1.96 bits per heavy atom. The zero-order valence-corrected chi connectivity index (χ0v) is 16.0. The third kappa shape index (κ3) is 2.63. The third-order valence-corrected chi connectivity index (χ3v) is 6.48. The Morgan fingerprint density at radius 1 is 1.16 bits per heavy atom. The van der Waals surface area contributed by atoms with Gasteiger partial charge in [-0.1, -0.05) is 11.6 Å². The van der Waals surface area contributed by atoms with Crippen LogP contribution in [0, 0.1) is 20.8 Å². The lowest BCUT2D eigenvalue weighted by molar-refractivity contribution is 0.727. The molecule has 0 saturated heterocycles. The fourth-order valence-electron chi connectivity index (χ4n) is 2.76. The molecule has 0 radical (unpaired) electrons. The van der Waals surface area contributed by atoms with E-state index in [1.165, 1.54) is 11.8 Å². The van der Waals surface area contributed by atoms with E-state index < -0.39 is 0 Å². The number of nitrogens with zero attached hydrogens (tertiary/aromatic N) is 4. The molecule has 0 amide bonds. The number of thiophene rings is 1. The topological polar surface area (TPSA) is 60.7 Å². The summed E-state index contributed by atoms with van der Waals surface area (Å²) in [5.41, 5.74) is 3.04. The Balaban J connectivity index is 1.91. The lowest BCUT2D eigenvalue weighted by atomic mass is 10.2. The molecule has 0 fully saturated rings. The molecule has 0 spiro atoms. The van der Waals surface area contributed by atoms with Gasteiger partial charge in [-0.3, -0.25) is 9.36 Å². The molecule has 0 aliphatic rings. The molecule has 7 heteroatoms. The van der Waals surface area contributed by atoms with Crippen molar-refractivity contribution in [3.8, 4) is 0 Å². The first kappa shape index (κ1) is 16.2. The minimum absolute atomic E-state index is 0.0103. The van der Waals surface area contributed by atoms with Crippen LogP contribution in [0.3, 0.4) is 0 Å². The van der Waals surface area contributed by atoms with E-state index in [0.717, 1.165) is 42.1 Å². The normalized spacial score (nSPS) is 11.5. The van der Waals surface area contributed by atoms with Crippen LogP contribution in [0.4, 0.5) is 0 Å². The van der Waals surface area contributed by atoms with Crippen molar-refractivity contribution in [2.45, 2.75) is 31.0 Å². The summed E-state index contributed by atoms with van der Waals surface area (Å²) >= 11 is 2.97. The molecule has 4 aromatic rings. The van der Waals surface area contributed by atoms with Crippen molar-refractivity contribution in [2.24, 2.45) is 7.05 Å². The molecule has 3 heterocycles. The smallest absolute Gasteiger partial charge is 0.262 e. The van der Waals surface area contributed by atoms with Crippen LogP contribution in [0.15, 0.2) is 39.5 Å². The van der Waals surface area contributed by atoms with Crippen LogP contribution < -0.4 is 5.56 Å². The number of benzene rings is 1. The minimum atomic E-state index is -0.0103. The van der Waals surface area contributed by atoms with Crippen molar-refractivity contribution in [3.05, 3.63) is 50.9 Å². The zero-order chi connectivity index (χ0) is 17.7. The maximum absolute atomic E-state index is 12.8. The molecular weight excluding hydrogens is 352 g/mol. The molecule has 25 heavy (non-hydrogen) atoms. The second kappa shape index (κ2) is 5.93. The van der Waals surface area contributed by atoms with Gasteiger partial charge in [-0.2, -0.15) is 0 Å². The number of aromatic nitrogens is 4. The predicted molar refractivity (Wildman–Crippen MR) is 103 cm³/mol. The summed E-state index contributed by atoms with van der Waals surface area (Å²) in [6.45, 7) is 6.04. The van der Waals surface area contributed by atoms with Crippen molar-refractivity contribution in [1.29, 1.82) is 0 Å². The van der Waals surface area contributed by atoms with Crippen LogP contribution in [0.2, 0.25) is 0 Å². The van der Waals surface area contributed by atoms with Gasteiger partial charge >= 0.3 is 0 Å². The maximum Gasteiger partial charge on any atom is 0.262 e. The van der Waals surface area contributed by atoms with E-state index >= 15 is 0 Å². The van der Waals surface area contributed by atoms with Crippen LogP contribution in [0.5, 0.6) is 0 Å². The Kier molecular flexibility index (Phi) is 3.85. The molecule has 1 aromatic carbocycles. The first-order valence-corrected chi connectivity index (χ1v) is 9.45. The summed E-state index contributed by atoms with van der Waals surface area (Å²) in [7, 11) is 1.76. The van der Waals surface area contributed by atoms with Crippen molar-refractivity contribution in [1.82, 2.24) is 19.5 Å². The fraction of sp³-hybridized carbons (Fsp3) is 0.222. The SMILES string of the molecule is Cc1ccc2ncnc(Sc3nc4sc(C)c(C)c4c(=O)n3C)c2c1. The number of hydrogen-bond donors (Lipinski definition) is 0. The van der Waals surface area contributed by atoms with Crippen LogP contribution >= 0.6 is 23.1 Å². The van der Waals surface area contributed by atoms with E-state index in [0.29, 0.717) is 5.16 Å². The third-order valence-electron chi connectivity index (χ3n) is 4.31. The highest BCUT2D eigenvalue weighted by molar-refractivity contribution is 7.99. The van der Waals surface area contributed by atoms with Crippen molar-refractivity contribution >= 4 is 44.2 Å². The quantitative estimate of drug-likeness (QED) is 0.395. The largest absolute Gasteiger partial charge is 0.290 e. The first-order valence-electron chi connectivity index (χ1n) is 7.81. The van der Waals surface area contributed by atoms with Gasteiger partial charge < -0.3 is 0 Å². The summed E-state index contributed by atoms with van der Waals surface area (Å²) < 4.78 is 1.61. The molecule has 0 aliphatic heterocycles. The Labute approximate surface area is 152 Å². The van der Waals surface area contributed by atoms with Gasteiger partial charge in [-0.15, -0.1) is 11.3 Å². The lowest BCUT2D eigenvalue weighted by Gasteiger charge is -2.08. The molecule has 0 saturated carbocycles. The average molecular weight is 368 g/mol. The van der Waals surface area contributed by atoms with E-state index in [-0.39, 0.29) is 5.56 Å². The Bertz CT molecular complexity index is 1190. The fourth-order valence-corrected chi connectivity index (χ4v) is 4.74. The highest BCUT2D eigenvalue weighted by Gasteiger charge is 2.16. The molecule has 3 aromatic heterocycles. The Morgan fingerprint density at radius 3 is 2.76 bits per heavy atom. The summed E-state index contributed by atoms with van der Waals surface area (Å²) in [5, 5.41) is 3.14. The van der Waals surface area contributed by atoms with Gasteiger partial charge in [-0.25, -0.2) is 15.0 Å². The van der Waals surface area contributed by atoms with Crippen molar-refractivity contribution < 1.29 is 0 Å². The van der Waals surface area contributed by atoms with E-state index in [1.807, 2.05) is 32.9 Å². The number of fused-ring (bicyclic) bond motifs is 2. The van der Waals surface area contributed by atoms with Crippen LogP contribution in [0.25, 0.3) is 21.1 Å². The molecule has 126 valence electrons. The molecule has 5 nitrogen and oxygen atoms in total. The molecule has 0 unspecified atom stereocenters. The molecule has 4 rings (SSSR count). The Hall–Kier alpha value is -2.25. The highest BCUT2D eigenvalue weighted by Crippen LogP contribution is 2.32. The van der Waals surface area contributed by atoms with Crippen LogP contribution in [-0.4, -0.2) is 19.5 Å². The standard InChI is InChI=1S/C18H16N4OS2/c1-9-5-6-13-12(7-9)15(20-8-19-13)25-18-21-16-14(17(23)22(18)4)10(2)11(3)24-16/h5-8H,1-4H3. The summed E-state index contributed by atoms with van der Waals surface area (Å²) in [6, 6.07) is 6.08. The number of hydrogen-bond acceptors (Lipinski definition) is 6. The molecule has 0 aliphatic carbocycles. The number of aryl methyl sites for hydroxylation is 3. The van der Waals surface area contributed by atoms with Crippen molar-refractivity contribution in [3.63, 3.8) is 0 Å². The van der Waals surface area contributed by atoms with Gasteiger partial charge in [0, 0.05) is 17.3 Å². The van der Waals surface area contributed by atoms with Gasteiger partial charge in [-0.05, 0) is 50.2 Å². The first-order chi connectivity index (χ1) is 12.0. The van der Waals surface area contributed by atoms with Crippen molar-refractivity contribution in [2.75, 3.05) is 0 Å². The molecule has 0 bridgehead atoms. The summed E-state index contributed by atoms with van der Waals surface area (Å²) in [4.78, 5) is 28.2. The van der Waals surface area contributed by atoms with Crippen LogP contribution in [-0.2, 0) is 7.05 Å². The highest BCUT2D eigenvalue weighted by atomic mass is 32.2. The number of rotatable bonds is 2. The monoisotopic (exact) mass is 368 g/mol. The maximum atomic E-state index is 12.8. The molecular formula is C18H16N4OS2. The summed E-state index contributed by atoms with van der Waals surface area (Å²) in [5.74, 6) is 0. The second-order valence-electron chi connectivity index (χ2n) is 6.02. The van der Waals surface area contributed by atoms with Gasteiger partial charge in [0.25, 0.3) is 5.56 Å². The van der Waals surface area contributed by atoms with E-state index in [9.17, 15) is 4.79 Å².